The predicted molar refractivity (Wildman–Crippen MR) is 93.6 cm³/mol. The van der Waals surface area contributed by atoms with Crippen LogP contribution in [0.2, 0.25) is 0 Å². The minimum atomic E-state index is -0.546. The maximum Gasteiger partial charge on any atom is 0.343 e. The van der Waals surface area contributed by atoms with Gasteiger partial charge in [-0.25, -0.2) is 9.59 Å². The number of nitrogens with two attached hydrogens (primary N) is 1. The molecule has 1 aromatic rings. The van der Waals surface area contributed by atoms with Gasteiger partial charge in [-0.3, -0.25) is 0 Å². The summed E-state index contributed by atoms with van der Waals surface area (Å²) in [5.74, 6) is 0.244. The lowest BCUT2D eigenvalue weighted by molar-refractivity contribution is 0.0530. The van der Waals surface area contributed by atoms with Crippen LogP contribution in [-0.4, -0.2) is 44.0 Å². The van der Waals surface area contributed by atoms with Gasteiger partial charge in [0.05, 0.1) is 17.1 Å². The summed E-state index contributed by atoms with van der Waals surface area (Å²) in [4.78, 5) is 29.3. The fraction of sp³-hybridized carbons (Fsp3) is 0.438. The van der Waals surface area contributed by atoms with Gasteiger partial charge >= 0.3 is 12.0 Å². The Hall–Kier alpha value is -2.28. The number of nitrogens with zero attached hydrogens (tertiary/aromatic N) is 2. The number of halogens is 1. The summed E-state index contributed by atoms with van der Waals surface area (Å²) in [6, 6.07) is 6.39. The van der Waals surface area contributed by atoms with Gasteiger partial charge in [0, 0.05) is 13.6 Å². The Morgan fingerprint density at radius 3 is 2.75 bits per heavy atom. The lowest BCUT2D eigenvalue weighted by Crippen LogP contribution is -2.41. The fourth-order valence-electron chi connectivity index (χ4n) is 2.18. The number of hydrogen-bond donors (Lipinski definition) is 2. The highest BCUT2D eigenvalue weighted by Gasteiger charge is 2.28. The molecule has 0 aromatic heterocycles. The average molecular weight is 353 g/mol. The molecule has 0 aliphatic heterocycles. The maximum atomic E-state index is 12.3. The lowest BCUT2D eigenvalue weighted by Gasteiger charge is -2.25. The van der Waals surface area contributed by atoms with Gasteiger partial charge in [-0.1, -0.05) is 12.1 Å². The first-order valence-corrected chi connectivity index (χ1v) is 8.25. The largest absolute Gasteiger partial charge is 0.461 e. The number of alkyl halides is 1. The first kappa shape index (κ1) is 18.1. The summed E-state index contributed by atoms with van der Waals surface area (Å²) >= 11 is 5.57. The van der Waals surface area contributed by atoms with Crippen LogP contribution in [0.5, 0.6) is 0 Å². The number of nitrogens with one attached hydrogen (secondary N) is 1. The number of aliphatic imine (C=N–C) groups is 1. The second-order valence-electron chi connectivity index (χ2n) is 5.42. The van der Waals surface area contributed by atoms with Crippen molar-refractivity contribution in [1.29, 1.82) is 0 Å². The predicted octanol–water partition coefficient (Wildman–Crippen LogP) is 1.95. The molecule has 0 bridgehead atoms. The number of guanidine groups is 1. The summed E-state index contributed by atoms with van der Waals surface area (Å²) < 4.78 is 5.11. The number of carbonyl (C=O) groups is 2. The Morgan fingerprint density at radius 2 is 2.12 bits per heavy atom. The van der Waals surface area contributed by atoms with Gasteiger partial charge in [0.1, 0.15) is 6.61 Å². The molecule has 1 aromatic carbocycles. The Bertz CT molecular complexity index is 632. The van der Waals surface area contributed by atoms with E-state index in [1.54, 1.807) is 29.2 Å². The molecule has 130 valence electrons. The van der Waals surface area contributed by atoms with Crippen molar-refractivity contribution in [3.63, 3.8) is 0 Å². The van der Waals surface area contributed by atoms with E-state index in [0.29, 0.717) is 23.7 Å². The lowest BCUT2D eigenvalue weighted by atomic mass is 10.1. The Balaban J connectivity index is 2.33. The highest BCUT2D eigenvalue weighted by Crippen LogP contribution is 2.32. The first-order valence-electron chi connectivity index (χ1n) is 7.72. The molecule has 1 aliphatic carbocycles. The molecule has 2 rings (SSSR count). The van der Waals surface area contributed by atoms with Crippen LogP contribution in [0.15, 0.2) is 29.3 Å². The Labute approximate surface area is 145 Å². The smallest absolute Gasteiger partial charge is 0.343 e. The third-order valence-electron chi connectivity index (χ3n) is 3.57. The minimum absolute atomic E-state index is 0.0406. The summed E-state index contributed by atoms with van der Waals surface area (Å²) in [7, 11) is 1.47. The number of urea groups is 1. The number of rotatable bonds is 6. The number of amides is 2. The van der Waals surface area contributed by atoms with E-state index in [9.17, 15) is 9.59 Å². The monoisotopic (exact) mass is 352 g/mol. The van der Waals surface area contributed by atoms with E-state index < -0.39 is 12.0 Å². The average Bonchev–Trinajstić information content (AvgIpc) is 3.41. The van der Waals surface area contributed by atoms with E-state index in [-0.39, 0.29) is 18.4 Å². The zero-order valence-electron chi connectivity index (χ0n) is 13.5. The van der Waals surface area contributed by atoms with Gasteiger partial charge in [-0.05, 0) is 30.9 Å². The number of ether oxygens (including phenoxy) is 1. The van der Waals surface area contributed by atoms with Gasteiger partial charge in [0.25, 0.3) is 0 Å². The van der Waals surface area contributed by atoms with Crippen molar-refractivity contribution >= 4 is 35.2 Å². The summed E-state index contributed by atoms with van der Waals surface area (Å²) in [6.07, 6.45) is 2.17. The van der Waals surface area contributed by atoms with Gasteiger partial charge in [-0.15, -0.1) is 11.6 Å². The summed E-state index contributed by atoms with van der Waals surface area (Å²) in [6.45, 7) is 0.714. The molecule has 24 heavy (non-hydrogen) atoms. The number of hydrogen-bond acceptors (Lipinski definition) is 3. The molecular formula is C16H21ClN4O3. The number of carbonyl (C=O) groups excluding carboxylic acids is 2. The standard InChI is InChI=1S/C16H21ClN4O3/c1-19-16(23)20-15(18)21(10-11-6-7-11)13-5-3-2-4-12(13)14(22)24-9-8-17/h2-5,11H,6-10H2,1H3,(H3,18,19,20,23). The Kier molecular flexibility index (Phi) is 6.43. The van der Waals surface area contributed by atoms with Crippen molar-refractivity contribution < 1.29 is 14.3 Å². The van der Waals surface area contributed by atoms with E-state index in [1.165, 1.54) is 7.05 Å². The topological polar surface area (TPSA) is 97.0 Å². The van der Waals surface area contributed by atoms with Crippen LogP contribution in [0.1, 0.15) is 23.2 Å². The van der Waals surface area contributed by atoms with Gasteiger partial charge < -0.3 is 20.7 Å². The van der Waals surface area contributed by atoms with Crippen LogP contribution in [0, 0.1) is 5.92 Å². The van der Waals surface area contributed by atoms with E-state index in [4.69, 9.17) is 22.1 Å². The highest BCUT2D eigenvalue weighted by atomic mass is 35.5. The third kappa shape index (κ3) is 4.86. The maximum absolute atomic E-state index is 12.3. The molecule has 0 atom stereocenters. The molecule has 0 spiro atoms. The summed E-state index contributed by atoms with van der Waals surface area (Å²) in [5, 5.41) is 2.40. The Morgan fingerprint density at radius 1 is 1.42 bits per heavy atom. The number of esters is 1. The van der Waals surface area contributed by atoms with Gasteiger partial charge in [0.2, 0.25) is 5.96 Å². The van der Waals surface area contributed by atoms with Crippen molar-refractivity contribution in [3.8, 4) is 0 Å². The quantitative estimate of drug-likeness (QED) is 0.353. The molecule has 8 heteroatoms. The van der Waals surface area contributed by atoms with Crippen LogP contribution < -0.4 is 16.0 Å². The van der Waals surface area contributed by atoms with Gasteiger partial charge in [0.15, 0.2) is 0 Å². The molecular weight excluding hydrogens is 332 g/mol. The van der Waals surface area contributed by atoms with Crippen molar-refractivity contribution in [1.82, 2.24) is 5.32 Å². The molecule has 0 saturated heterocycles. The fourth-order valence-corrected chi connectivity index (χ4v) is 2.26. The second-order valence-corrected chi connectivity index (χ2v) is 5.80. The first-order chi connectivity index (χ1) is 11.6. The van der Waals surface area contributed by atoms with Crippen LogP contribution >= 0.6 is 11.6 Å². The molecule has 0 radical (unpaired) electrons. The van der Waals surface area contributed by atoms with Gasteiger partial charge in [-0.2, -0.15) is 4.99 Å². The minimum Gasteiger partial charge on any atom is -0.461 e. The molecule has 1 aliphatic rings. The van der Waals surface area contributed by atoms with E-state index in [0.717, 1.165) is 12.8 Å². The van der Waals surface area contributed by atoms with Crippen LogP contribution in [0.25, 0.3) is 0 Å². The summed E-state index contributed by atoms with van der Waals surface area (Å²) in [5.41, 5.74) is 6.94. The van der Waals surface area contributed by atoms with E-state index in [1.807, 2.05) is 0 Å². The number of anilines is 1. The second kappa shape index (κ2) is 8.54. The molecule has 1 saturated carbocycles. The normalized spacial score (nSPS) is 14.2. The van der Waals surface area contributed by atoms with Crippen molar-refractivity contribution in [2.45, 2.75) is 12.8 Å². The molecule has 1 fully saturated rings. The molecule has 0 heterocycles. The number of para-hydroxylation sites is 1. The molecule has 2 amide bonds. The van der Waals surface area contributed by atoms with Crippen LogP contribution in [0.3, 0.4) is 0 Å². The highest BCUT2D eigenvalue weighted by molar-refractivity contribution is 6.18. The van der Waals surface area contributed by atoms with E-state index >= 15 is 0 Å². The van der Waals surface area contributed by atoms with Crippen LogP contribution in [-0.2, 0) is 4.74 Å². The molecule has 7 nitrogen and oxygen atoms in total. The SMILES string of the molecule is CNC(=O)N=C(N)N(CC1CC1)c1ccccc1C(=O)OCCCl. The zero-order chi connectivity index (χ0) is 17.5. The number of benzene rings is 1. The molecule has 3 N–H and O–H groups in total. The van der Waals surface area contributed by atoms with E-state index in [2.05, 4.69) is 10.3 Å². The van der Waals surface area contributed by atoms with Crippen molar-refractivity contribution in [3.05, 3.63) is 29.8 Å². The third-order valence-corrected chi connectivity index (χ3v) is 3.72. The van der Waals surface area contributed by atoms with Crippen molar-refractivity contribution in [2.24, 2.45) is 16.6 Å². The van der Waals surface area contributed by atoms with Crippen LogP contribution in [0.4, 0.5) is 10.5 Å². The van der Waals surface area contributed by atoms with Crippen molar-refractivity contribution in [2.75, 3.05) is 31.0 Å². The zero-order valence-corrected chi connectivity index (χ0v) is 14.3. The molecule has 0 unspecified atom stereocenters.